The standard InChI is InChI=1S/C30H50O6/c1-5-7-9-11-13-15-17-19-21-35-27-24-28(36-22-20-18-16-14-12-10-8-6-2)26(30(32)34-4)23-25(27)29(31)33-3/h23-24H,5-22H2,1-4H3. The number of rotatable bonds is 22. The second kappa shape index (κ2) is 20.9. The molecule has 0 aliphatic heterocycles. The van der Waals surface area contributed by atoms with Crippen LogP contribution in [0, 0.1) is 0 Å². The predicted octanol–water partition coefficient (Wildman–Crippen LogP) is 8.30. The molecule has 6 heteroatoms. The molecule has 0 saturated heterocycles. The first kappa shape index (κ1) is 31.8. The van der Waals surface area contributed by atoms with Gasteiger partial charge >= 0.3 is 11.9 Å². The van der Waals surface area contributed by atoms with E-state index in [1.807, 2.05) is 0 Å². The van der Waals surface area contributed by atoms with Gasteiger partial charge in [0, 0.05) is 6.07 Å². The van der Waals surface area contributed by atoms with E-state index in [1.165, 1.54) is 97.3 Å². The normalized spacial score (nSPS) is 10.8. The van der Waals surface area contributed by atoms with Crippen LogP contribution in [-0.4, -0.2) is 39.4 Å². The second-order valence-electron chi connectivity index (χ2n) is 9.47. The summed E-state index contributed by atoms with van der Waals surface area (Å²) in [4.78, 5) is 24.8. The molecule has 1 aromatic rings. The molecule has 1 rings (SSSR count). The van der Waals surface area contributed by atoms with Gasteiger partial charge in [-0.15, -0.1) is 0 Å². The third-order valence-electron chi connectivity index (χ3n) is 6.40. The highest BCUT2D eigenvalue weighted by Gasteiger charge is 2.22. The first-order chi connectivity index (χ1) is 17.6. The maximum atomic E-state index is 12.4. The number of carbonyl (C=O) groups is 2. The number of esters is 2. The molecule has 6 nitrogen and oxygen atoms in total. The number of unbranched alkanes of at least 4 members (excludes halogenated alkanes) is 14. The van der Waals surface area contributed by atoms with Gasteiger partial charge in [0.2, 0.25) is 0 Å². The van der Waals surface area contributed by atoms with E-state index in [9.17, 15) is 9.59 Å². The monoisotopic (exact) mass is 506 g/mol. The topological polar surface area (TPSA) is 71.1 Å². The van der Waals surface area contributed by atoms with Crippen molar-refractivity contribution in [1.82, 2.24) is 0 Å². The van der Waals surface area contributed by atoms with Crippen LogP contribution in [-0.2, 0) is 9.47 Å². The second-order valence-corrected chi connectivity index (χ2v) is 9.47. The molecule has 0 amide bonds. The van der Waals surface area contributed by atoms with E-state index >= 15 is 0 Å². The molecule has 0 fully saturated rings. The molecule has 0 bridgehead atoms. The van der Waals surface area contributed by atoms with Crippen LogP contribution in [0.4, 0.5) is 0 Å². The van der Waals surface area contributed by atoms with E-state index < -0.39 is 11.9 Å². The molecular weight excluding hydrogens is 456 g/mol. The number of hydrogen-bond acceptors (Lipinski definition) is 6. The summed E-state index contributed by atoms with van der Waals surface area (Å²) in [5.74, 6) is -0.354. The van der Waals surface area contributed by atoms with Crippen molar-refractivity contribution in [2.75, 3.05) is 27.4 Å². The van der Waals surface area contributed by atoms with E-state index in [1.54, 1.807) is 6.07 Å². The van der Waals surface area contributed by atoms with Crippen LogP contribution in [0.5, 0.6) is 11.5 Å². The zero-order valence-corrected chi connectivity index (χ0v) is 23.3. The Bertz CT molecular complexity index is 673. The summed E-state index contributed by atoms with van der Waals surface area (Å²) >= 11 is 0. The lowest BCUT2D eigenvalue weighted by Crippen LogP contribution is -2.12. The smallest absolute Gasteiger partial charge is 0.341 e. The minimum Gasteiger partial charge on any atom is -0.493 e. The van der Waals surface area contributed by atoms with Crippen molar-refractivity contribution in [2.45, 2.75) is 117 Å². The fourth-order valence-electron chi connectivity index (χ4n) is 4.18. The van der Waals surface area contributed by atoms with Crippen LogP contribution in [0.25, 0.3) is 0 Å². The van der Waals surface area contributed by atoms with E-state index in [4.69, 9.17) is 18.9 Å². The summed E-state index contributed by atoms with van der Waals surface area (Å²) in [5, 5.41) is 0. The highest BCUT2D eigenvalue weighted by molar-refractivity contribution is 5.99. The van der Waals surface area contributed by atoms with Crippen molar-refractivity contribution >= 4 is 11.9 Å². The van der Waals surface area contributed by atoms with Crippen LogP contribution in [0.3, 0.4) is 0 Å². The lowest BCUT2D eigenvalue weighted by Gasteiger charge is -2.16. The van der Waals surface area contributed by atoms with Gasteiger partial charge in [-0.05, 0) is 18.9 Å². The van der Waals surface area contributed by atoms with Crippen molar-refractivity contribution in [3.8, 4) is 11.5 Å². The molecule has 0 heterocycles. The highest BCUT2D eigenvalue weighted by atomic mass is 16.5. The Balaban J connectivity index is 2.69. The molecule has 0 N–H and O–H groups in total. The number of benzene rings is 1. The van der Waals surface area contributed by atoms with E-state index in [0.717, 1.165) is 25.7 Å². The molecule has 0 atom stereocenters. The Labute approximate surface area is 219 Å². The largest absolute Gasteiger partial charge is 0.493 e. The van der Waals surface area contributed by atoms with Gasteiger partial charge in [-0.1, -0.05) is 104 Å². The predicted molar refractivity (Wildman–Crippen MR) is 145 cm³/mol. The Hall–Kier alpha value is -2.24. The molecule has 206 valence electrons. The summed E-state index contributed by atoms with van der Waals surface area (Å²) in [6, 6.07) is 3.10. The Morgan fingerprint density at radius 1 is 0.528 bits per heavy atom. The van der Waals surface area contributed by atoms with Gasteiger partial charge < -0.3 is 18.9 Å². The molecular formula is C30H50O6. The zero-order valence-electron chi connectivity index (χ0n) is 23.3. The zero-order chi connectivity index (χ0) is 26.4. The van der Waals surface area contributed by atoms with Gasteiger partial charge in [0.05, 0.1) is 27.4 Å². The minimum absolute atomic E-state index is 0.205. The number of methoxy groups -OCH3 is 2. The molecule has 0 aromatic heterocycles. The molecule has 0 aliphatic carbocycles. The van der Waals surface area contributed by atoms with Crippen molar-refractivity contribution < 1.29 is 28.5 Å². The maximum Gasteiger partial charge on any atom is 0.341 e. The van der Waals surface area contributed by atoms with E-state index in [-0.39, 0.29) is 11.1 Å². The quantitative estimate of drug-likeness (QED) is 0.116. The third-order valence-corrected chi connectivity index (χ3v) is 6.40. The van der Waals surface area contributed by atoms with Crippen LogP contribution < -0.4 is 9.47 Å². The molecule has 0 spiro atoms. The summed E-state index contributed by atoms with van der Waals surface area (Å²) < 4.78 is 21.8. The van der Waals surface area contributed by atoms with Gasteiger partial charge in [0.25, 0.3) is 0 Å². The Kier molecular flexibility index (Phi) is 18.5. The minimum atomic E-state index is -0.555. The van der Waals surface area contributed by atoms with Gasteiger partial charge in [-0.2, -0.15) is 0 Å². The van der Waals surface area contributed by atoms with E-state index in [0.29, 0.717) is 24.7 Å². The van der Waals surface area contributed by atoms with Crippen molar-refractivity contribution in [3.63, 3.8) is 0 Å². The van der Waals surface area contributed by atoms with E-state index in [2.05, 4.69) is 13.8 Å². The molecule has 36 heavy (non-hydrogen) atoms. The number of hydrogen-bond donors (Lipinski definition) is 0. The molecule has 0 unspecified atom stereocenters. The van der Waals surface area contributed by atoms with Crippen LogP contribution in [0.2, 0.25) is 0 Å². The maximum absolute atomic E-state index is 12.4. The van der Waals surface area contributed by atoms with Crippen LogP contribution in [0.15, 0.2) is 12.1 Å². The SMILES string of the molecule is CCCCCCCCCCOc1cc(OCCCCCCCCCC)c(C(=O)OC)cc1C(=O)OC. The molecule has 0 radical (unpaired) electrons. The first-order valence-corrected chi connectivity index (χ1v) is 14.2. The van der Waals surface area contributed by atoms with Gasteiger partial charge in [0.1, 0.15) is 22.6 Å². The van der Waals surface area contributed by atoms with Gasteiger partial charge in [-0.3, -0.25) is 0 Å². The summed E-state index contributed by atoms with van der Waals surface area (Å²) in [6.07, 6.45) is 19.2. The van der Waals surface area contributed by atoms with Crippen LogP contribution >= 0.6 is 0 Å². The van der Waals surface area contributed by atoms with Crippen molar-refractivity contribution in [2.24, 2.45) is 0 Å². The summed E-state index contributed by atoms with van der Waals surface area (Å²) in [6.45, 7) is 5.44. The number of carbonyl (C=O) groups excluding carboxylic acids is 2. The lowest BCUT2D eigenvalue weighted by atomic mass is 10.1. The third kappa shape index (κ3) is 13.2. The average Bonchev–Trinajstić information content (AvgIpc) is 2.90. The summed E-state index contributed by atoms with van der Waals surface area (Å²) in [5.41, 5.74) is 0.411. The van der Waals surface area contributed by atoms with Gasteiger partial charge in [0.15, 0.2) is 0 Å². The van der Waals surface area contributed by atoms with Crippen molar-refractivity contribution in [3.05, 3.63) is 23.3 Å². The fraction of sp³-hybridized carbons (Fsp3) is 0.733. The Morgan fingerprint density at radius 3 is 1.19 bits per heavy atom. The van der Waals surface area contributed by atoms with Crippen LogP contribution in [0.1, 0.15) is 137 Å². The Morgan fingerprint density at radius 2 is 0.861 bits per heavy atom. The molecule has 0 saturated carbocycles. The number of ether oxygens (including phenoxy) is 4. The summed E-state index contributed by atoms with van der Waals surface area (Å²) in [7, 11) is 2.63. The fourth-order valence-corrected chi connectivity index (χ4v) is 4.18. The average molecular weight is 507 g/mol. The first-order valence-electron chi connectivity index (χ1n) is 14.2. The highest BCUT2D eigenvalue weighted by Crippen LogP contribution is 2.31. The molecule has 0 aliphatic rings. The van der Waals surface area contributed by atoms with Crippen molar-refractivity contribution in [1.29, 1.82) is 0 Å². The van der Waals surface area contributed by atoms with Gasteiger partial charge in [-0.25, -0.2) is 9.59 Å². The molecule has 1 aromatic carbocycles. The lowest BCUT2D eigenvalue weighted by molar-refractivity contribution is 0.0593.